The fourth-order valence-electron chi connectivity index (χ4n) is 0.885. The van der Waals surface area contributed by atoms with Crippen LogP contribution in [-0.2, 0) is 6.18 Å². The molecule has 0 radical (unpaired) electrons. The van der Waals surface area contributed by atoms with E-state index in [4.69, 9.17) is 4.74 Å². The molecule has 0 aliphatic carbocycles. The Bertz CT molecular complexity index is 341. The van der Waals surface area contributed by atoms with Crippen LogP contribution >= 0.6 is 15.9 Å². The van der Waals surface area contributed by atoms with Crippen LogP contribution in [0, 0.1) is 0 Å². The van der Waals surface area contributed by atoms with E-state index in [0.29, 0.717) is 6.61 Å². The Morgan fingerprint density at radius 3 is 2.60 bits per heavy atom. The molecule has 0 aromatic carbocycles. The molecule has 0 aliphatic rings. The molecule has 1 aromatic rings. The van der Waals surface area contributed by atoms with E-state index < -0.39 is 11.7 Å². The first-order valence-electron chi connectivity index (χ1n) is 4.30. The smallest absolute Gasteiger partial charge is 0.417 e. The molecule has 1 aromatic heterocycles. The summed E-state index contributed by atoms with van der Waals surface area (Å²) in [5.41, 5.74) is -0.793. The maximum Gasteiger partial charge on any atom is 0.417 e. The highest BCUT2D eigenvalue weighted by Gasteiger charge is 2.31. The average Bonchev–Trinajstić information content (AvgIpc) is 2.14. The average molecular weight is 284 g/mol. The second-order valence-corrected chi connectivity index (χ2v) is 3.71. The molecule has 0 aliphatic heterocycles. The lowest BCUT2D eigenvalue weighted by Crippen LogP contribution is -2.06. The van der Waals surface area contributed by atoms with Crippen molar-refractivity contribution < 1.29 is 17.9 Å². The van der Waals surface area contributed by atoms with E-state index in [1.54, 1.807) is 0 Å². The van der Waals surface area contributed by atoms with Crippen molar-refractivity contribution in [1.29, 1.82) is 0 Å². The predicted molar refractivity (Wildman–Crippen MR) is 52.7 cm³/mol. The van der Waals surface area contributed by atoms with Crippen LogP contribution in [-0.4, -0.2) is 11.6 Å². The molecule has 1 heterocycles. The van der Waals surface area contributed by atoms with Gasteiger partial charge in [-0.25, -0.2) is 4.98 Å². The number of aromatic nitrogens is 1. The molecule has 2 nitrogen and oxygen atoms in total. The molecular weight excluding hydrogens is 275 g/mol. The molecule has 0 saturated heterocycles. The fourth-order valence-corrected chi connectivity index (χ4v) is 1.35. The van der Waals surface area contributed by atoms with Crippen molar-refractivity contribution >= 4 is 15.9 Å². The summed E-state index contributed by atoms with van der Waals surface area (Å²) in [6, 6.07) is 0.956. The Morgan fingerprint density at radius 1 is 1.47 bits per heavy atom. The first-order chi connectivity index (χ1) is 6.95. The monoisotopic (exact) mass is 283 g/mol. The SMILES string of the molecule is CCCOc1ncc(C(F)(F)F)cc1Br. The highest BCUT2D eigenvalue weighted by atomic mass is 79.9. The molecule has 0 atom stereocenters. The van der Waals surface area contributed by atoms with E-state index in [2.05, 4.69) is 20.9 Å². The highest BCUT2D eigenvalue weighted by molar-refractivity contribution is 9.10. The quantitative estimate of drug-likeness (QED) is 0.845. The topological polar surface area (TPSA) is 22.1 Å². The van der Waals surface area contributed by atoms with Crippen LogP contribution < -0.4 is 4.74 Å². The van der Waals surface area contributed by atoms with Gasteiger partial charge in [0.15, 0.2) is 0 Å². The van der Waals surface area contributed by atoms with Crippen molar-refractivity contribution in [3.63, 3.8) is 0 Å². The Balaban J connectivity index is 2.88. The number of rotatable bonds is 3. The zero-order valence-electron chi connectivity index (χ0n) is 7.94. The minimum atomic E-state index is -4.38. The van der Waals surface area contributed by atoms with Crippen molar-refractivity contribution in [3.8, 4) is 5.88 Å². The first-order valence-corrected chi connectivity index (χ1v) is 5.10. The van der Waals surface area contributed by atoms with Gasteiger partial charge >= 0.3 is 6.18 Å². The number of halogens is 4. The Hall–Kier alpha value is -0.780. The molecule has 0 N–H and O–H groups in total. The molecule has 1 rings (SSSR count). The lowest BCUT2D eigenvalue weighted by Gasteiger charge is -2.09. The molecule has 0 fully saturated rings. The van der Waals surface area contributed by atoms with E-state index in [0.717, 1.165) is 18.7 Å². The first kappa shape index (κ1) is 12.3. The van der Waals surface area contributed by atoms with Crippen LogP contribution in [0.5, 0.6) is 5.88 Å². The summed E-state index contributed by atoms with van der Waals surface area (Å²) in [5, 5.41) is 0. The lowest BCUT2D eigenvalue weighted by atomic mass is 10.3. The summed E-state index contributed by atoms with van der Waals surface area (Å²) < 4.78 is 42.1. The van der Waals surface area contributed by atoms with E-state index in [-0.39, 0.29) is 10.4 Å². The largest absolute Gasteiger partial charge is 0.477 e. The molecule has 6 heteroatoms. The number of alkyl halides is 3. The lowest BCUT2D eigenvalue weighted by molar-refractivity contribution is -0.137. The number of ether oxygens (including phenoxy) is 1. The summed E-state index contributed by atoms with van der Waals surface area (Å²) in [4.78, 5) is 3.59. The van der Waals surface area contributed by atoms with Gasteiger partial charge in [-0.2, -0.15) is 13.2 Å². The van der Waals surface area contributed by atoms with E-state index in [1.807, 2.05) is 6.92 Å². The summed E-state index contributed by atoms with van der Waals surface area (Å²) in [5.74, 6) is 0.185. The number of hydrogen-bond acceptors (Lipinski definition) is 2. The third-order valence-electron chi connectivity index (χ3n) is 1.58. The zero-order chi connectivity index (χ0) is 11.5. The van der Waals surface area contributed by atoms with Gasteiger partial charge in [-0.1, -0.05) is 6.92 Å². The molecule has 0 saturated carbocycles. The summed E-state index contributed by atoms with van der Waals surface area (Å²) in [6.07, 6.45) is -2.84. The van der Waals surface area contributed by atoms with E-state index in [9.17, 15) is 13.2 Å². The van der Waals surface area contributed by atoms with Crippen LogP contribution in [0.25, 0.3) is 0 Å². The number of hydrogen-bond donors (Lipinski definition) is 0. The van der Waals surface area contributed by atoms with Crippen LogP contribution in [0.15, 0.2) is 16.7 Å². The summed E-state index contributed by atoms with van der Waals surface area (Å²) in [6.45, 7) is 2.33. The van der Waals surface area contributed by atoms with Crippen LogP contribution in [0.3, 0.4) is 0 Å². The molecule has 84 valence electrons. The van der Waals surface area contributed by atoms with Crippen molar-refractivity contribution in [3.05, 3.63) is 22.3 Å². The molecular formula is C9H9BrF3NO. The summed E-state index contributed by atoms with van der Waals surface area (Å²) >= 11 is 2.98. The van der Waals surface area contributed by atoms with E-state index in [1.165, 1.54) is 0 Å². The maximum atomic E-state index is 12.2. The Kier molecular flexibility index (Phi) is 3.96. The fraction of sp³-hybridized carbons (Fsp3) is 0.444. The maximum absolute atomic E-state index is 12.2. The Morgan fingerprint density at radius 2 is 2.13 bits per heavy atom. The van der Waals surface area contributed by atoms with Gasteiger partial charge in [0.25, 0.3) is 0 Å². The minimum absolute atomic E-state index is 0.185. The molecule has 0 amide bonds. The van der Waals surface area contributed by atoms with Crippen molar-refractivity contribution in [2.45, 2.75) is 19.5 Å². The van der Waals surface area contributed by atoms with Gasteiger partial charge in [0, 0.05) is 6.20 Å². The second-order valence-electron chi connectivity index (χ2n) is 2.86. The number of pyridine rings is 1. The van der Waals surface area contributed by atoms with Gasteiger partial charge in [0.1, 0.15) is 0 Å². The Labute approximate surface area is 93.6 Å². The predicted octanol–water partition coefficient (Wildman–Crippen LogP) is 3.65. The standard InChI is InChI=1S/C9H9BrF3NO/c1-2-3-15-8-7(10)4-6(5-14-8)9(11,12)13/h4-5H,2-3H2,1H3. The third kappa shape index (κ3) is 3.37. The van der Waals surface area contributed by atoms with Crippen LogP contribution in [0.2, 0.25) is 0 Å². The van der Waals surface area contributed by atoms with Gasteiger partial charge in [-0.3, -0.25) is 0 Å². The second kappa shape index (κ2) is 4.83. The van der Waals surface area contributed by atoms with Crippen molar-refractivity contribution in [2.24, 2.45) is 0 Å². The van der Waals surface area contributed by atoms with Gasteiger partial charge in [-0.15, -0.1) is 0 Å². The van der Waals surface area contributed by atoms with Crippen LogP contribution in [0.4, 0.5) is 13.2 Å². The van der Waals surface area contributed by atoms with Gasteiger partial charge in [-0.05, 0) is 28.4 Å². The summed E-state index contributed by atoms with van der Waals surface area (Å²) in [7, 11) is 0. The number of nitrogens with zero attached hydrogens (tertiary/aromatic N) is 1. The molecule has 0 spiro atoms. The minimum Gasteiger partial charge on any atom is -0.477 e. The van der Waals surface area contributed by atoms with Crippen LogP contribution in [0.1, 0.15) is 18.9 Å². The highest BCUT2D eigenvalue weighted by Crippen LogP contribution is 2.33. The van der Waals surface area contributed by atoms with Crippen molar-refractivity contribution in [1.82, 2.24) is 4.98 Å². The van der Waals surface area contributed by atoms with Gasteiger partial charge in [0.2, 0.25) is 5.88 Å². The van der Waals surface area contributed by atoms with E-state index >= 15 is 0 Å². The van der Waals surface area contributed by atoms with Gasteiger partial charge in [0.05, 0.1) is 16.6 Å². The zero-order valence-corrected chi connectivity index (χ0v) is 9.52. The normalized spacial score (nSPS) is 11.5. The van der Waals surface area contributed by atoms with Crippen molar-refractivity contribution in [2.75, 3.05) is 6.61 Å². The molecule has 0 bridgehead atoms. The molecule has 15 heavy (non-hydrogen) atoms. The third-order valence-corrected chi connectivity index (χ3v) is 2.15. The molecule has 0 unspecified atom stereocenters. The van der Waals surface area contributed by atoms with Gasteiger partial charge < -0.3 is 4.74 Å².